The maximum atomic E-state index is 12.7. The van der Waals surface area contributed by atoms with Crippen LogP contribution in [-0.4, -0.2) is 23.1 Å². The lowest BCUT2D eigenvalue weighted by Gasteiger charge is -2.19. The molecule has 1 aliphatic carbocycles. The molecule has 0 radical (unpaired) electrons. The summed E-state index contributed by atoms with van der Waals surface area (Å²) < 4.78 is 2.13. The number of hydrogen-bond donors (Lipinski definition) is 2. The summed E-state index contributed by atoms with van der Waals surface area (Å²) in [6.07, 6.45) is 3.30. The average Bonchev–Trinajstić information content (AvgIpc) is 3.12. The van der Waals surface area contributed by atoms with Crippen LogP contribution in [0, 0.1) is 19.8 Å². The number of carbonyl (C=O) groups excluding carboxylic acids is 1. The number of carbonyl (C=O) groups is 1. The molecule has 0 spiro atoms. The number of nitrogens with two attached hydrogens (primary N) is 1. The van der Waals surface area contributed by atoms with Gasteiger partial charge < -0.3 is 15.6 Å². The van der Waals surface area contributed by atoms with E-state index in [9.17, 15) is 4.79 Å². The van der Waals surface area contributed by atoms with Crippen LogP contribution in [0.1, 0.15) is 41.0 Å². The first-order valence-electron chi connectivity index (χ1n) is 8.37. The van der Waals surface area contributed by atoms with Crippen LogP contribution in [0.15, 0.2) is 36.4 Å². The van der Waals surface area contributed by atoms with Crippen molar-refractivity contribution in [2.75, 3.05) is 6.54 Å². The first kappa shape index (κ1) is 15.8. The average molecular weight is 311 g/mol. The Morgan fingerprint density at radius 1 is 1.26 bits per heavy atom. The van der Waals surface area contributed by atoms with Crippen molar-refractivity contribution in [3.8, 4) is 5.69 Å². The van der Waals surface area contributed by atoms with Gasteiger partial charge in [0, 0.05) is 23.1 Å². The third kappa shape index (κ3) is 3.04. The highest BCUT2D eigenvalue weighted by molar-refractivity contribution is 5.96. The van der Waals surface area contributed by atoms with Crippen LogP contribution in [0.4, 0.5) is 0 Å². The van der Waals surface area contributed by atoms with Crippen molar-refractivity contribution in [1.29, 1.82) is 0 Å². The predicted octanol–water partition coefficient (Wildman–Crippen LogP) is 2.95. The summed E-state index contributed by atoms with van der Waals surface area (Å²) in [4.78, 5) is 12.7. The SMILES string of the molecule is Cc1cc(C(=O)NC2CCCC2CN)c(C)n1-c1ccccc1. The Balaban J connectivity index is 1.85. The lowest BCUT2D eigenvalue weighted by Crippen LogP contribution is -2.40. The second-order valence-electron chi connectivity index (χ2n) is 6.46. The fourth-order valence-corrected chi connectivity index (χ4v) is 3.72. The summed E-state index contributed by atoms with van der Waals surface area (Å²) in [5, 5.41) is 3.20. The Morgan fingerprint density at radius 3 is 2.70 bits per heavy atom. The highest BCUT2D eigenvalue weighted by atomic mass is 16.1. The molecular formula is C19H25N3O. The molecule has 23 heavy (non-hydrogen) atoms. The lowest BCUT2D eigenvalue weighted by atomic mass is 10.0. The van der Waals surface area contributed by atoms with Crippen molar-refractivity contribution >= 4 is 5.91 Å². The summed E-state index contributed by atoms with van der Waals surface area (Å²) >= 11 is 0. The second kappa shape index (κ2) is 6.59. The van der Waals surface area contributed by atoms with Crippen molar-refractivity contribution in [3.05, 3.63) is 53.3 Å². The van der Waals surface area contributed by atoms with Gasteiger partial charge in [0.15, 0.2) is 0 Å². The van der Waals surface area contributed by atoms with Gasteiger partial charge in [-0.3, -0.25) is 4.79 Å². The minimum absolute atomic E-state index is 0.0191. The number of amides is 1. The quantitative estimate of drug-likeness (QED) is 0.912. The number of nitrogens with one attached hydrogen (secondary N) is 1. The van der Waals surface area contributed by atoms with E-state index in [1.807, 2.05) is 38.1 Å². The molecule has 122 valence electrons. The van der Waals surface area contributed by atoms with Crippen LogP contribution in [0.2, 0.25) is 0 Å². The fraction of sp³-hybridized carbons (Fsp3) is 0.421. The molecule has 2 atom stereocenters. The molecule has 1 amide bonds. The van der Waals surface area contributed by atoms with Crippen LogP contribution < -0.4 is 11.1 Å². The molecule has 1 aromatic carbocycles. The molecule has 2 unspecified atom stereocenters. The summed E-state index contributed by atoms with van der Waals surface area (Å²) in [7, 11) is 0. The minimum atomic E-state index is 0.0191. The highest BCUT2D eigenvalue weighted by Gasteiger charge is 2.28. The van der Waals surface area contributed by atoms with Crippen molar-refractivity contribution < 1.29 is 4.79 Å². The Labute approximate surface area is 137 Å². The molecule has 3 rings (SSSR count). The molecule has 0 saturated heterocycles. The van der Waals surface area contributed by atoms with E-state index >= 15 is 0 Å². The van der Waals surface area contributed by atoms with E-state index in [-0.39, 0.29) is 11.9 Å². The van der Waals surface area contributed by atoms with Crippen molar-refractivity contribution in [2.45, 2.75) is 39.2 Å². The molecule has 1 fully saturated rings. The number of hydrogen-bond acceptors (Lipinski definition) is 2. The first-order chi connectivity index (χ1) is 11.1. The van der Waals surface area contributed by atoms with E-state index in [0.29, 0.717) is 12.5 Å². The van der Waals surface area contributed by atoms with Crippen molar-refractivity contribution in [3.63, 3.8) is 0 Å². The lowest BCUT2D eigenvalue weighted by molar-refractivity contribution is 0.0928. The van der Waals surface area contributed by atoms with Gasteiger partial charge in [0.05, 0.1) is 5.56 Å². The van der Waals surface area contributed by atoms with Gasteiger partial charge in [-0.1, -0.05) is 24.6 Å². The molecule has 1 aliphatic rings. The summed E-state index contributed by atoms with van der Waals surface area (Å²) in [5.74, 6) is 0.433. The van der Waals surface area contributed by atoms with Gasteiger partial charge in [-0.25, -0.2) is 0 Å². The zero-order valence-electron chi connectivity index (χ0n) is 13.9. The Hall–Kier alpha value is -2.07. The topological polar surface area (TPSA) is 60.1 Å². The van der Waals surface area contributed by atoms with E-state index in [2.05, 4.69) is 22.0 Å². The smallest absolute Gasteiger partial charge is 0.253 e. The van der Waals surface area contributed by atoms with Crippen molar-refractivity contribution in [1.82, 2.24) is 9.88 Å². The standard InChI is InChI=1S/C19H25N3O/c1-13-11-17(14(2)22(13)16-8-4-3-5-9-16)19(23)21-18-10-6-7-15(18)12-20/h3-5,8-9,11,15,18H,6-7,10,12,20H2,1-2H3,(H,21,23). The normalized spacial score (nSPS) is 20.7. The number of aryl methyl sites for hydroxylation is 1. The number of para-hydroxylation sites is 1. The highest BCUT2D eigenvalue weighted by Crippen LogP contribution is 2.26. The maximum absolute atomic E-state index is 12.7. The minimum Gasteiger partial charge on any atom is -0.349 e. The fourth-order valence-electron chi connectivity index (χ4n) is 3.72. The summed E-state index contributed by atoms with van der Waals surface area (Å²) in [6.45, 7) is 4.69. The zero-order chi connectivity index (χ0) is 16.4. The van der Waals surface area contributed by atoms with Gasteiger partial charge in [-0.05, 0) is 57.4 Å². The molecule has 0 bridgehead atoms. The van der Waals surface area contributed by atoms with Gasteiger partial charge >= 0.3 is 0 Å². The molecule has 0 aliphatic heterocycles. The Morgan fingerprint density at radius 2 is 2.00 bits per heavy atom. The second-order valence-corrected chi connectivity index (χ2v) is 6.46. The molecule has 3 N–H and O–H groups in total. The van der Waals surface area contributed by atoms with Crippen LogP contribution in [0.3, 0.4) is 0 Å². The van der Waals surface area contributed by atoms with E-state index in [1.165, 1.54) is 0 Å². The summed E-state index contributed by atoms with van der Waals surface area (Å²) in [6, 6.07) is 12.3. The third-order valence-corrected chi connectivity index (χ3v) is 4.97. The molecule has 4 heteroatoms. The van der Waals surface area contributed by atoms with E-state index < -0.39 is 0 Å². The monoisotopic (exact) mass is 311 g/mol. The van der Waals surface area contributed by atoms with Gasteiger partial charge in [0.2, 0.25) is 0 Å². The van der Waals surface area contributed by atoms with Gasteiger partial charge in [0.25, 0.3) is 5.91 Å². The largest absolute Gasteiger partial charge is 0.349 e. The number of nitrogens with zero attached hydrogens (tertiary/aromatic N) is 1. The van der Waals surface area contributed by atoms with Gasteiger partial charge in [-0.2, -0.15) is 0 Å². The van der Waals surface area contributed by atoms with Crippen LogP contribution in [0.25, 0.3) is 5.69 Å². The summed E-state index contributed by atoms with van der Waals surface area (Å²) in [5.41, 5.74) is 9.71. The molecule has 1 saturated carbocycles. The first-order valence-corrected chi connectivity index (χ1v) is 8.37. The Kier molecular flexibility index (Phi) is 4.53. The molecule has 4 nitrogen and oxygen atoms in total. The number of benzene rings is 1. The van der Waals surface area contributed by atoms with Crippen LogP contribution in [0.5, 0.6) is 0 Å². The van der Waals surface area contributed by atoms with Crippen LogP contribution in [-0.2, 0) is 0 Å². The third-order valence-electron chi connectivity index (χ3n) is 4.97. The van der Waals surface area contributed by atoms with Gasteiger partial charge in [-0.15, -0.1) is 0 Å². The van der Waals surface area contributed by atoms with E-state index in [1.54, 1.807) is 0 Å². The Bertz CT molecular complexity index is 690. The molecular weight excluding hydrogens is 286 g/mol. The van der Waals surface area contributed by atoms with E-state index in [4.69, 9.17) is 5.73 Å². The van der Waals surface area contributed by atoms with Crippen LogP contribution >= 0.6 is 0 Å². The maximum Gasteiger partial charge on any atom is 0.253 e. The molecule has 2 aromatic rings. The van der Waals surface area contributed by atoms with Crippen molar-refractivity contribution in [2.24, 2.45) is 11.7 Å². The zero-order valence-corrected chi connectivity index (χ0v) is 13.9. The predicted molar refractivity (Wildman–Crippen MR) is 92.9 cm³/mol. The molecule has 1 heterocycles. The number of aromatic nitrogens is 1. The number of rotatable bonds is 4. The van der Waals surface area contributed by atoms with E-state index in [0.717, 1.165) is 41.9 Å². The molecule has 1 aromatic heterocycles. The van der Waals surface area contributed by atoms with Gasteiger partial charge in [0.1, 0.15) is 0 Å².